The molecule has 14 heteroatoms. The van der Waals surface area contributed by atoms with Crippen LogP contribution >= 0.6 is 23.2 Å². The predicted molar refractivity (Wildman–Crippen MR) is 122 cm³/mol. The van der Waals surface area contributed by atoms with E-state index in [4.69, 9.17) is 31.6 Å². The molecular formula is C20H24Cl2F2N4O5S. The Bertz CT molecular complexity index is 1040. The number of rotatable bonds is 7. The first-order valence-corrected chi connectivity index (χ1v) is 11.8. The van der Waals surface area contributed by atoms with Gasteiger partial charge in [-0.3, -0.25) is 9.48 Å². The smallest absolute Gasteiger partial charge is 0.387 e. The van der Waals surface area contributed by atoms with Gasteiger partial charge >= 0.3 is 18.2 Å². The molecule has 2 aromatic heterocycles. The summed E-state index contributed by atoms with van der Waals surface area (Å²) in [6, 6.07) is 1.14. The van der Waals surface area contributed by atoms with Gasteiger partial charge < -0.3 is 15.2 Å². The Labute approximate surface area is 208 Å². The summed E-state index contributed by atoms with van der Waals surface area (Å²) in [7, 11) is 0. The van der Waals surface area contributed by atoms with Gasteiger partial charge in [0.2, 0.25) is 0 Å². The molecule has 1 aliphatic rings. The maximum Gasteiger partial charge on any atom is 0.387 e. The number of aryl methyl sites for hydroxylation is 1. The van der Waals surface area contributed by atoms with Crippen molar-refractivity contribution in [1.82, 2.24) is 20.1 Å². The molecule has 2 aromatic rings. The fourth-order valence-electron chi connectivity index (χ4n) is 3.66. The molecular weight excluding hydrogens is 517 g/mol. The summed E-state index contributed by atoms with van der Waals surface area (Å²) >= 11 is 11.5. The molecule has 9 nitrogen and oxygen atoms in total. The minimum absolute atomic E-state index is 0.0353. The molecule has 1 aliphatic carbocycles. The van der Waals surface area contributed by atoms with Crippen LogP contribution in [0, 0.1) is 5.92 Å². The van der Waals surface area contributed by atoms with Gasteiger partial charge in [-0.15, -0.1) is 0 Å². The number of carbonyl (C=O) groups is 1. The first-order chi connectivity index (χ1) is 16.0. The Kier molecular flexibility index (Phi) is 10.3. The van der Waals surface area contributed by atoms with Crippen LogP contribution < -0.4 is 10.1 Å². The number of halogens is 4. The van der Waals surface area contributed by atoms with Gasteiger partial charge in [-0.1, -0.05) is 30.1 Å². The highest BCUT2D eigenvalue weighted by Crippen LogP contribution is 2.38. The number of aromatic nitrogens is 3. The monoisotopic (exact) mass is 540 g/mol. The van der Waals surface area contributed by atoms with Crippen LogP contribution in [0.3, 0.4) is 0 Å². The van der Waals surface area contributed by atoms with Crippen molar-refractivity contribution in [2.75, 3.05) is 6.54 Å². The zero-order valence-electron chi connectivity index (χ0n) is 18.4. The van der Waals surface area contributed by atoms with Crippen LogP contribution in [0.2, 0.25) is 10.2 Å². The van der Waals surface area contributed by atoms with E-state index in [0.29, 0.717) is 25.3 Å². The second-order valence-electron chi connectivity index (χ2n) is 7.87. The van der Waals surface area contributed by atoms with Gasteiger partial charge in [0, 0.05) is 25.4 Å². The van der Waals surface area contributed by atoms with Crippen LogP contribution in [0.25, 0.3) is 11.3 Å². The number of hydrogen-bond donors (Lipinski definition) is 2. The summed E-state index contributed by atoms with van der Waals surface area (Å²) in [5.41, 5.74) is -0.713. The van der Waals surface area contributed by atoms with Crippen LogP contribution in [-0.2, 0) is 18.1 Å². The Morgan fingerprint density at radius 2 is 2.00 bits per heavy atom. The van der Waals surface area contributed by atoms with Crippen LogP contribution in [0.4, 0.5) is 8.78 Å². The molecule has 3 rings (SSSR count). The fourth-order valence-corrected chi connectivity index (χ4v) is 4.13. The molecule has 0 unspecified atom stereocenters. The van der Waals surface area contributed by atoms with Gasteiger partial charge in [0.05, 0.1) is 21.9 Å². The van der Waals surface area contributed by atoms with E-state index in [2.05, 4.69) is 27.1 Å². The third-order valence-corrected chi connectivity index (χ3v) is 6.06. The molecule has 2 heterocycles. The Morgan fingerprint density at radius 1 is 1.38 bits per heavy atom. The van der Waals surface area contributed by atoms with E-state index < -0.39 is 29.7 Å². The first-order valence-electron chi connectivity index (χ1n) is 10.3. The summed E-state index contributed by atoms with van der Waals surface area (Å²) in [6.45, 7) is 1.19. The van der Waals surface area contributed by atoms with Crippen molar-refractivity contribution in [3.05, 3.63) is 28.1 Å². The minimum Gasteiger partial charge on any atom is -0.434 e. The highest BCUT2D eigenvalue weighted by Gasteiger charge is 2.33. The molecule has 0 atom stereocenters. The number of amides is 1. The Hall–Kier alpha value is -2.15. The number of hydrogen-bond acceptors (Lipinski definition) is 7. The summed E-state index contributed by atoms with van der Waals surface area (Å²) in [5, 5.41) is 17.6. The maximum absolute atomic E-state index is 12.9. The molecule has 0 aromatic carbocycles. The van der Waals surface area contributed by atoms with Gasteiger partial charge in [0.15, 0.2) is 5.69 Å². The van der Waals surface area contributed by atoms with Gasteiger partial charge in [-0.05, 0) is 38.5 Å². The number of aliphatic hydroxyl groups is 1. The summed E-state index contributed by atoms with van der Waals surface area (Å²) in [4.78, 5) is 16.7. The van der Waals surface area contributed by atoms with E-state index in [1.165, 1.54) is 10.9 Å². The lowest BCUT2D eigenvalue weighted by Crippen LogP contribution is -2.45. The van der Waals surface area contributed by atoms with Crippen molar-refractivity contribution in [2.45, 2.75) is 58.3 Å². The number of pyridine rings is 1. The number of ether oxygens (including phenoxy) is 1. The number of carbonyl (C=O) groups excluding carboxylic acids is 1. The molecule has 0 spiro atoms. The van der Waals surface area contributed by atoms with Crippen LogP contribution in [-0.4, -0.2) is 53.0 Å². The molecule has 188 valence electrons. The van der Waals surface area contributed by atoms with E-state index in [1.807, 2.05) is 0 Å². The van der Waals surface area contributed by atoms with E-state index in [-0.39, 0.29) is 39.4 Å². The van der Waals surface area contributed by atoms with Crippen molar-refractivity contribution < 1.29 is 31.8 Å². The lowest BCUT2D eigenvalue weighted by atomic mass is 9.79. The zero-order chi connectivity index (χ0) is 25.5. The number of alkyl halides is 2. The van der Waals surface area contributed by atoms with Gasteiger partial charge in [0.25, 0.3) is 5.91 Å². The second kappa shape index (κ2) is 12.5. The predicted octanol–water partition coefficient (Wildman–Crippen LogP) is 3.87. The molecule has 1 saturated carbocycles. The van der Waals surface area contributed by atoms with Crippen molar-refractivity contribution in [3.8, 4) is 17.0 Å². The molecule has 0 radical (unpaired) electrons. The van der Waals surface area contributed by atoms with E-state index in [1.54, 1.807) is 6.92 Å². The molecule has 0 bridgehead atoms. The fraction of sp³-hybridized carbons (Fsp3) is 0.550. The standard InChI is InChI=1S/C20H24Cl2F2N4O3.O2S/c1-3-28-17(12-9-25-14(21)8-13(12)31-19(23)24)15(22)16(27-28)18(29)26-10-20(30)6-4-11(2)5-7-20;1-3-2/h8-9,11,19,30H,3-7,10H2,1-2H3,(H,26,29);. The van der Waals surface area contributed by atoms with E-state index in [9.17, 15) is 18.7 Å². The summed E-state index contributed by atoms with van der Waals surface area (Å²) in [6.07, 6.45) is 4.21. The second-order valence-corrected chi connectivity index (χ2v) is 8.77. The first kappa shape index (κ1) is 28.1. The lowest BCUT2D eigenvalue weighted by molar-refractivity contribution is -0.0495. The van der Waals surface area contributed by atoms with Crippen molar-refractivity contribution in [3.63, 3.8) is 0 Å². The topological polar surface area (TPSA) is 123 Å². The Morgan fingerprint density at radius 3 is 2.56 bits per heavy atom. The van der Waals surface area contributed by atoms with Gasteiger partial charge in [-0.2, -0.15) is 22.3 Å². The number of nitrogens with one attached hydrogen (secondary N) is 1. The third kappa shape index (κ3) is 7.17. The van der Waals surface area contributed by atoms with E-state index in [0.717, 1.165) is 18.9 Å². The van der Waals surface area contributed by atoms with Crippen molar-refractivity contribution >= 4 is 40.7 Å². The Balaban J connectivity index is 0.00000129. The average Bonchev–Trinajstić information content (AvgIpc) is 3.11. The third-order valence-electron chi connectivity index (χ3n) is 5.50. The molecule has 0 aliphatic heterocycles. The largest absolute Gasteiger partial charge is 0.434 e. The van der Waals surface area contributed by atoms with Crippen molar-refractivity contribution in [1.29, 1.82) is 0 Å². The van der Waals surface area contributed by atoms with E-state index >= 15 is 0 Å². The normalized spacial score (nSPS) is 19.8. The zero-order valence-corrected chi connectivity index (χ0v) is 20.7. The maximum atomic E-state index is 12.9. The van der Waals surface area contributed by atoms with Crippen LogP contribution in [0.5, 0.6) is 5.75 Å². The quantitative estimate of drug-likeness (QED) is 0.510. The molecule has 0 saturated heterocycles. The van der Waals surface area contributed by atoms with Crippen LogP contribution in [0.15, 0.2) is 12.3 Å². The van der Waals surface area contributed by atoms with Crippen LogP contribution in [0.1, 0.15) is 50.0 Å². The van der Waals surface area contributed by atoms with Gasteiger partial charge in [0.1, 0.15) is 10.9 Å². The van der Waals surface area contributed by atoms with Crippen molar-refractivity contribution in [2.24, 2.45) is 5.92 Å². The molecule has 34 heavy (non-hydrogen) atoms. The summed E-state index contributed by atoms with van der Waals surface area (Å²) < 4.78 is 48.3. The molecule has 1 amide bonds. The molecule has 2 N–H and O–H groups in total. The highest BCUT2D eigenvalue weighted by molar-refractivity contribution is 7.51. The van der Waals surface area contributed by atoms with Gasteiger partial charge in [-0.25, -0.2) is 4.98 Å². The lowest BCUT2D eigenvalue weighted by Gasteiger charge is -2.34. The summed E-state index contributed by atoms with van der Waals surface area (Å²) in [5.74, 6) is -0.251. The number of nitrogens with zero attached hydrogens (tertiary/aromatic N) is 3. The minimum atomic E-state index is -3.09. The average molecular weight is 541 g/mol. The molecule has 1 fully saturated rings. The highest BCUT2D eigenvalue weighted by atomic mass is 35.5. The SMILES string of the molecule is CCn1nc(C(=O)NCC2(O)CCC(C)CC2)c(Cl)c1-c1cnc(Cl)cc1OC(F)F.O=S=O.